The summed E-state index contributed by atoms with van der Waals surface area (Å²) in [7, 11) is -9.66. The van der Waals surface area contributed by atoms with E-state index in [1.807, 2.05) is 100 Å². The average Bonchev–Trinajstić information content (AvgIpc) is 0.999. The smallest absolute Gasteiger partial charge is 0.312 e. The average molecular weight is 1510 g/mol. The SMILES string of the molecule is C[C@H](Nc1nc(F)nc2nc[nH]c12)c1cc2cccc(Cl)c2c(OC2CCN(S(C)(=O)=O)CC2)n1.C[C@H](Nc1nc(F)nc2nc[nH]c12)c1cc2ccccc2c(OC2CCN(S(C)(=O)=O)CC2)n1.Cc1cccc2cc([C@H](C)Nc3nc(F)nc4nc[nH]c34)nc(OC3CCN(S(C)(=O)=O)CC3)c12. The molecular weight excluding hydrogens is 1430 g/mol. The molecule has 0 radical (unpaired) electrons. The zero-order chi connectivity index (χ0) is 73.4. The first-order chi connectivity index (χ1) is 49.6. The van der Waals surface area contributed by atoms with Crippen molar-refractivity contribution in [1.82, 2.24) is 87.7 Å². The van der Waals surface area contributed by atoms with Gasteiger partial charge in [0.2, 0.25) is 47.7 Å². The number of nitrogens with one attached hydrogen (secondary N) is 6. The summed E-state index contributed by atoms with van der Waals surface area (Å²) in [6.07, 6.45) is 8.23. The molecule has 12 aromatic rings. The summed E-state index contributed by atoms with van der Waals surface area (Å²) in [5.41, 5.74) is 5.22. The van der Waals surface area contributed by atoms with Crippen molar-refractivity contribution in [3.05, 3.63) is 144 Å². The van der Waals surface area contributed by atoms with Crippen LogP contribution in [-0.4, -0.2) is 189 Å². The zero-order valence-corrected chi connectivity index (χ0v) is 60.5. The Morgan fingerprint density at radius 3 is 1.19 bits per heavy atom. The Balaban J connectivity index is 0.000000139. The molecule has 3 aliphatic heterocycles. The van der Waals surface area contributed by atoms with Gasteiger partial charge in [-0.2, -0.15) is 43.1 Å². The maximum atomic E-state index is 13.9. The summed E-state index contributed by atoms with van der Waals surface area (Å²) in [6.45, 7) is 10.1. The Bertz CT molecular complexity index is 5300. The topological polar surface area (TPSA) is 378 Å². The van der Waals surface area contributed by atoms with Gasteiger partial charge in [0.1, 0.15) is 34.9 Å². The Kier molecular flexibility index (Phi) is 21.0. The van der Waals surface area contributed by atoms with Gasteiger partial charge in [-0.05, 0) is 118 Å². The van der Waals surface area contributed by atoms with Crippen LogP contribution in [0, 0.1) is 25.2 Å². The van der Waals surface area contributed by atoms with Gasteiger partial charge in [0.25, 0.3) is 0 Å². The van der Waals surface area contributed by atoms with E-state index < -0.39 is 48.3 Å². The predicted octanol–water partition coefficient (Wildman–Crippen LogP) is 10.0. The van der Waals surface area contributed by atoms with Crippen molar-refractivity contribution in [1.29, 1.82) is 0 Å². The molecule has 0 spiro atoms. The number of hydrogen-bond donors (Lipinski definition) is 6. The lowest BCUT2D eigenvalue weighted by molar-refractivity contribution is 0.131. The second-order valence-corrected chi connectivity index (χ2v) is 32.0. The number of anilines is 3. The number of hydrogen-bond acceptors (Lipinski definition) is 24. The molecule has 0 aliphatic carbocycles. The van der Waals surface area contributed by atoms with Gasteiger partial charge in [0.05, 0.1) is 83.4 Å². The summed E-state index contributed by atoms with van der Waals surface area (Å²) >= 11 is 6.50. The molecule has 3 saturated heterocycles. The van der Waals surface area contributed by atoms with E-state index >= 15 is 0 Å². The van der Waals surface area contributed by atoms with E-state index in [9.17, 15) is 38.4 Å². The monoisotopic (exact) mass is 1500 g/mol. The van der Waals surface area contributed by atoms with Crippen LogP contribution in [0.5, 0.6) is 17.6 Å². The fourth-order valence-electron chi connectivity index (χ4n) is 12.7. The quantitative estimate of drug-likeness (QED) is 0.0435. The van der Waals surface area contributed by atoms with E-state index in [1.165, 1.54) is 50.7 Å². The molecular formula is C67H73ClF3N21O9S3. The third-order valence-corrected chi connectivity index (χ3v) is 22.4. The molecule has 0 amide bonds. The minimum Gasteiger partial charge on any atom is -0.474 e. The van der Waals surface area contributed by atoms with Crippen LogP contribution >= 0.6 is 11.6 Å². The molecule has 9 aromatic heterocycles. The van der Waals surface area contributed by atoms with Crippen LogP contribution in [-0.2, 0) is 30.1 Å². The first-order valence-electron chi connectivity index (χ1n) is 33.3. The highest BCUT2D eigenvalue weighted by molar-refractivity contribution is 7.88. The van der Waals surface area contributed by atoms with Crippen LogP contribution < -0.4 is 30.2 Å². The molecule has 12 heterocycles. The maximum Gasteiger partial charge on any atom is 0.312 e. The number of pyridine rings is 3. The summed E-state index contributed by atoms with van der Waals surface area (Å²) in [6, 6.07) is 24.0. The summed E-state index contributed by atoms with van der Waals surface area (Å²) in [5.74, 6) is 2.20. The fourth-order valence-corrected chi connectivity index (χ4v) is 15.6. The van der Waals surface area contributed by atoms with Crippen molar-refractivity contribution in [3.63, 3.8) is 0 Å². The van der Waals surface area contributed by atoms with Gasteiger partial charge >= 0.3 is 18.2 Å². The molecule has 3 aromatic carbocycles. The van der Waals surface area contributed by atoms with E-state index in [0.717, 1.165) is 32.5 Å². The number of piperidine rings is 3. The highest BCUT2D eigenvalue weighted by Crippen LogP contribution is 2.38. The van der Waals surface area contributed by atoms with E-state index in [4.69, 9.17) is 40.8 Å². The van der Waals surface area contributed by atoms with Crippen molar-refractivity contribution < 1.29 is 52.6 Å². The summed E-state index contributed by atoms with van der Waals surface area (Å²) < 4.78 is 136. The molecule has 3 atom stereocenters. The van der Waals surface area contributed by atoms with E-state index in [1.54, 1.807) is 6.07 Å². The van der Waals surface area contributed by atoms with Crippen LogP contribution in [0.15, 0.2) is 97.8 Å². The van der Waals surface area contributed by atoms with Crippen molar-refractivity contribution in [2.45, 2.75) is 103 Å². The molecule has 37 heteroatoms. The second kappa shape index (κ2) is 30.1. The molecule has 3 fully saturated rings. The number of aryl methyl sites for hydroxylation is 1. The van der Waals surface area contributed by atoms with Gasteiger partial charge in [0, 0.05) is 50.0 Å². The predicted molar refractivity (Wildman–Crippen MR) is 386 cm³/mol. The first-order valence-corrected chi connectivity index (χ1v) is 39.2. The number of sulfonamides is 3. The molecule has 104 heavy (non-hydrogen) atoms. The number of halogens is 4. The molecule has 6 N–H and O–H groups in total. The molecule has 0 bridgehead atoms. The number of imidazole rings is 3. The Hall–Kier alpha value is -9.85. The van der Waals surface area contributed by atoms with E-state index in [2.05, 4.69) is 75.8 Å². The van der Waals surface area contributed by atoms with Crippen molar-refractivity contribution in [2.24, 2.45) is 0 Å². The lowest BCUT2D eigenvalue weighted by Gasteiger charge is -2.30. The van der Waals surface area contributed by atoms with Gasteiger partial charge < -0.3 is 45.1 Å². The molecule has 0 unspecified atom stereocenters. The minimum atomic E-state index is -3.24. The molecule has 0 saturated carbocycles. The normalized spacial score (nSPS) is 16.6. The van der Waals surface area contributed by atoms with Gasteiger partial charge in [0.15, 0.2) is 34.4 Å². The van der Waals surface area contributed by atoms with E-state index in [0.29, 0.717) is 145 Å². The number of rotatable bonds is 18. The van der Waals surface area contributed by atoms with Crippen molar-refractivity contribution in [3.8, 4) is 17.6 Å². The maximum absolute atomic E-state index is 13.9. The number of nitrogens with zero attached hydrogens (tertiary/aromatic N) is 15. The highest BCUT2D eigenvalue weighted by atomic mass is 35.5. The Labute approximate surface area is 600 Å². The molecule has 3 aliphatic rings. The number of fused-ring (bicyclic) bond motifs is 6. The van der Waals surface area contributed by atoms with Gasteiger partial charge in [-0.3, -0.25) is 0 Å². The van der Waals surface area contributed by atoms with Crippen LogP contribution in [0.1, 0.15) is 100 Å². The van der Waals surface area contributed by atoms with Crippen LogP contribution in [0.4, 0.5) is 30.6 Å². The van der Waals surface area contributed by atoms with E-state index in [-0.39, 0.29) is 65.0 Å². The van der Waals surface area contributed by atoms with Crippen molar-refractivity contribution >= 4 is 125 Å². The largest absolute Gasteiger partial charge is 0.474 e. The molecule has 15 rings (SSSR count). The third kappa shape index (κ3) is 16.5. The number of H-pyrrole nitrogens is 3. The number of aromatic amines is 3. The Morgan fingerprint density at radius 1 is 0.452 bits per heavy atom. The van der Waals surface area contributed by atoms with Crippen LogP contribution in [0.2, 0.25) is 5.02 Å². The van der Waals surface area contributed by atoms with Gasteiger partial charge in [-0.1, -0.05) is 60.1 Å². The van der Waals surface area contributed by atoms with Gasteiger partial charge in [-0.25, -0.2) is 68.1 Å². The van der Waals surface area contributed by atoms with Gasteiger partial charge in [-0.15, -0.1) is 0 Å². The standard InChI is InChI=1S/C23H26FN7O3S.C22H23ClFN7O3S.C22H24FN7O3S/c1-13-5-4-6-15-11-17(14(2)27-21-19-20(26-12-25-19)29-23(24)30-21)28-22(18(13)15)34-16-7-9-31(10-8-16)35(3,32)33;1-12(27-20-18-19(26-11-25-18)29-22(24)30-20)16-10-13-4-3-5-15(23)17(13)21(28-16)34-14-6-8-31(9-7-14)35(2,32)33;1-13(26-20-18-19(25-12-24-18)28-22(23)29-20)17-11-14-5-3-4-6-16(14)21(27-17)33-15-7-9-30(10-8-15)34(2,31)32/h4-6,11-12,14,16H,7-10H2,1-3H3,(H2,25,26,27,29,30);3-5,10-12,14H,6-9H2,1-2H3,(H2,25,26,27,29,30);3-6,11-13,15H,7-10H2,1-2H3,(H2,24,25,26,28,29)/t14-;12-;13-/m000/s1. The number of benzene rings is 3. The van der Waals surface area contributed by atoms with Crippen molar-refractivity contribution in [2.75, 3.05) is 74.0 Å². The van der Waals surface area contributed by atoms with Crippen LogP contribution in [0.3, 0.4) is 0 Å². The molecule has 546 valence electrons. The summed E-state index contributed by atoms with van der Waals surface area (Å²) in [5, 5.41) is 15.3. The second-order valence-electron chi connectivity index (χ2n) is 25.7. The number of ether oxygens (including phenoxy) is 3. The van der Waals surface area contributed by atoms with Crippen LogP contribution in [0.25, 0.3) is 65.8 Å². The fraction of sp³-hybridized carbons (Fsp3) is 0.373. The third-order valence-electron chi connectivity index (χ3n) is 18.2. The lowest BCUT2D eigenvalue weighted by Crippen LogP contribution is -2.41. The first kappa shape index (κ1) is 72.5. The minimum absolute atomic E-state index is 0.145. The molecule has 30 nitrogen and oxygen atoms in total. The summed E-state index contributed by atoms with van der Waals surface area (Å²) in [4.78, 5) is 57.8. The zero-order valence-electron chi connectivity index (χ0n) is 57.3. The Morgan fingerprint density at radius 2 is 0.788 bits per heavy atom. The lowest BCUT2D eigenvalue weighted by atomic mass is 10.0. The highest BCUT2D eigenvalue weighted by Gasteiger charge is 2.32. The number of aromatic nitrogens is 15.